The zero-order chi connectivity index (χ0) is 111. The maximum absolute atomic E-state index is 15.8. The number of benzene rings is 1. The Labute approximate surface area is 905 Å². The van der Waals surface area contributed by atoms with E-state index in [2.05, 4.69) is 63.2 Å². The van der Waals surface area contributed by atoms with Crippen molar-refractivity contribution >= 4 is 130 Å². The molecule has 5 saturated heterocycles. The van der Waals surface area contributed by atoms with E-state index in [0.717, 1.165) is 5.56 Å². The SMILES string of the molecule is C=C1N=C(N)C=CN1[C@@H]1O[C@](CCl)(COC(=O)C(C)C)[C@@H](O)[C@H]1F.C=C1N=C(N)C=CN1[C@@H]1O[C@](CCl)(COC(=O)CC)[C@@H](OC(=O)CC)[C@H]1F.C=C1N=C(N)C=CN1[C@@H]1O[C@](CCl)(COP(=O)([O-])OCC(COCC)OCc2ccccc2)[C@@H](O)[C@H]1F.C=C1NC(=O)C=CN1[C@@H]1O[C@](CCl)(COC(=O)C(C)C)[C@@H](OC(=O)C(C)C)[C@H]1F.C=C[C@]1(COC(=O)C(C)C)O[C@@H](n2cnc3c(=O)[nH]c(C)cc32)[C@H](F)[C@@H]1OC(=O)C(C)C.[Na+]. The summed E-state index contributed by atoms with van der Waals surface area (Å²) in [6, 6.07) is 10.9. The summed E-state index contributed by atoms with van der Waals surface area (Å²) in [5.74, 6) is -6.86. The van der Waals surface area contributed by atoms with Crippen LogP contribution in [0.4, 0.5) is 22.0 Å². The largest absolute Gasteiger partial charge is 1.00 e. The summed E-state index contributed by atoms with van der Waals surface area (Å²) in [6.07, 6.45) is -10.3. The van der Waals surface area contributed by atoms with Crippen LogP contribution in [0.2, 0.25) is 0 Å². The summed E-state index contributed by atoms with van der Waals surface area (Å²) in [7, 11) is -4.94. The molecule has 826 valence electrons. The van der Waals surface area contributed by atoms with Gasteiger partial charge in [-0.1, -0.05) is 152 Å². The van der Waals surface area contributed by atoms with Crippen molar-refractivity contribution in [3.63, 3.8) is 0 Å². The predicted octanol–water partition coefficient (Wildman–Crippen LogP) is 5.71. The number of esters is 7. The molecule has 10 N–H and O–H groups in total. The van der Waals surface area contributed by atoms with Crippen LogP contribution in [-0.4, -0.2) is 306 Å². The summed E-state index contributed by atoms with van der Waals surface area (Å²) in [4.78, 5) is 143. The number of alkyl halides is 9. The van der Waals surface area contributed by atoms with E-state index in [4.69, 9.17) is 139 Å². The number of aromatic amines is 1. The maximum Gasteiger partial charge on any atom is 1.00 e. The second kappa shape index (κ2) is 56.4. The van der Waals surface area contributed by atoms with Crippen LogP contribution < -0.4 is 62.5 Å². The number of halogens is 9. The van der Waals surface area contributed by atoms with Gasteiger partial charge in [0.05, 0.1) is 91.4 Å². The van der Waals surface area contributed by atoms with Gasteiger partial charge in [0, 0.05) is 56.0 Å². The monoisotopic (exact) mass is 2230 g/mol. The van der Waals surface area contributed by atoms with E-state index in [0.29, 0.717) is 17.8 Å². The van der Waals surface area contributed by atoms with Gasteiger partial charge in [0.25, 0.3) is 19.3 Å². The molecule has 2 aromatic heterocycles. The van der Waals surface area contributed by atoms with Crippen LogP contribution in [0.15, 0.2) is 174 Å². The summed E-state index contributed by atoms with van der Waals surface area (Å²) >= 11 is 24.1. The number of aromatic nitrogens is 3. The molecule has 1 aromatic carbocycles. The van der Waals surface area contributed by atoms with Crippen molar-refractivity contribution in [2.75, 3.05) is 76.4 Å². The molecule has 1 amide bonds. The van der Waals surface area contributed by atoms with Crippen LogP contribution >= 0.6 is 54.2 Å². The first-order valence-electron chi connectivity index (χ1n) is 47.1. The Morgan fingerprint density at radius 3 is 1.38 bits per heavy atom. The van der Waals surface area contributed by atoms with Gasteiger partial charge < -0.3 is 142 Å². The molecule has 0 spiro atoms. The summed E-state index contributed by atoms with van der Waals surface area (Å²) < 4.78 is 177. The predicted molar refractivity (Wildman–Crippen MR) is 531 cm³/mol. The number of nitrogens with one attached hydrogen (secondary N) is 2. The third-order valence-corrected chi connectivity index (χ3v) is 26.3. The van der Waals surface area contributed by atoms with Gasteiger partial charge in [0.2, 0.25) is 0 Å². The molecule has 3 aromatic rings. The number of fused-ring (bicyclic) bond motifs is 1. The van der Waals surface area contributed by atoms with Gasteiger partial charge >= 0.3 is 71.3 Å². The standard InChI is InChI=1S/C23H32ClFN3O8P.C22H28FN3O6.C19H26ClFN2O6.C17H23ClFN3O5.C15H21ClFN3O4.Na/c1-3-32-12-18(33-11-17-7-5-4-6-8-17)13-34-37(30,31)35-15-23(14-24)21(29)20(25)22(36-23)28-10-9-19(26)27-16(28)2;1-7-22(9-30-20(28)11(2)3)17(31-21(29)12(4)5)15(23)19(32-22)26-10-24-16-14(26)8-13(6)25-18(16)27;1-10(2)17(25)27-9-19(8-20)15(28-18(26)11(3)4)14(21)16(29-19)23-7-6-13(24)22-12(23)5;1-4-12(23)25-9-17(8-18)15(26-13(24)5-2)14(19)16(27-17)22-7-6-11(20)21-10(22)3;1-8(2)14(22)23-7-15(6-16)12(21)11(17)13(24-15)20-5-4-10(18)19-9(20)3;/h4-10,18,20-22,29H,2-3,11-15H2,1H3,(H2,26,27)(H,30,31);7-8,10-12,15,17,19H,1,9H2,2-6H3,(H,25,27);6-7,10-11,14-16H,5,8-9H2,1-4H3,(H,22,24);6-7,14-16H,3-5,8-9H2,1-2H3,(H2,20,21);4-5,8,11-13,21H,3,6-7H2,1-2H3,(H2,18,19);/q;;;;;+1/p-1/t18?,20-,21+,22-,23-;15-,17+,19-,22-;14-,15+,16-,19-;14-,15+,16-,17-;11-,12+,13-,15-;/m11111./s1. The van der Waals surface area contributed by atoms with Crippen molar-refractivity contribution in [2.45, 2.75) is 243 Å². The first kappa shape index (κ1) is 127. The third kappa shape index (κ3) is 31.6. The number of nitrogens with zero attached hydrogens (tertiary/aromatic N) is 9. The van der Waals surface area contributed by atoms with Crippen LogP contribution in [0, 0.1) is 36.5 Å². The topological polar surface area (TPSA) is 556 Å². The molecule has 54 heteroatoms. The Morgan fingerprint density at radius 1 is 0.540 bits per heavy atom. The van der Waals surface area contributed by atoms with Gasteiger partial charge in [-0.2, -0.15) is 0 Å². The van der Waals surface area contributed by atoms with Crippen LogP contribution in [0.3, 0.4) is 0 Å². The first-order chi connectivity index (χ1) is 70.1. The van der Waals surface area contributed by atoms with Gasteiger partial charge in [0.1, 0.15) is 96.7 Å². The van der Waals surface area contributed by atoms with Gasteiger partial charge in [-0.3, -0.25) is 47.7 Å². The molecule has 11 heterocycles. The van der Waals surface area contributed by atoms with Crippen molar-refractivity contribution in [3.05, 3.63) is 176 Å². The van der Waals surface area contributed by atoms with Crippen LogP contribution in [0.25, 0.3) is 11.0 Å². The molecular weight excluding hydrogens is 2100 g/mol. The second-order valence-corrected chi connectivity index (χ2v) is 39.1. The number of rotatable bonds is 40. The molecule has 43 nitrogen and oxygen atoms in total. The summed E-state index contributed by atoms with van der Waals surface area (Å²) in [6.45, 7) is 39.5. The smallest absolute Gasteiger partial charge is 0.756 e. The second-order valence-electron chi connectivity index (χ2n) is 36.6. The molecule has 12 rings (SSSR count). The number of phosphoric ester groups is 1. The van der Waals surface area contributed by atoms with Gasteiger partial charge in [0.15, 0.2) is 103 Å². The Bertz CT molecular complexity index is 5600. The van der Waals surface area contributed by atoms with Crippen LogP contribution in [-0.2, 0) is 125 Å². The Kier molecular flexibility index (Phi) is 47.8. The minimum Gasteiger partial charge on any atom is -0.756 e. The number of aryl methyl sites for hydroxylation is 1. The molecule has 9 aliphatic heterocycles. The molecular formula is C96H129Cl4F5N14NaO29P. The van der Waals surface area contributed by atoms with Crippen LogP contribution in [0.1, 0.15) is 120 Å². The maximum atomic E-state index is 15.8. The van der Waals surface area contributed by atoms with E-state index in [9.17, 15) is 67.2 Å². The average molecular weight is 2230 g/mol. The Morgan fingerprint density at radius 2 is 0.947 bits per heavy atom. The number of hydrogen-bond donors (Lipinski definition) is 7. The van der Waals surface area contributed by atoms with Crippen molar-refractivity contribution in [1.29, 1.82) is 0 Å². The molecule has 5 fully saturated rings. The first-order valence-corrected chi connectivity index (χ1v) is 50.7. The van der Waals surface area contributed by atoms with Gasteiger partial charge in [-0.05, 0) is 43.7 Å². The Balaban J connectivity index is 0.000000255. The van der Waals surface area contributed by atoms with Gasteiger partial charge in [-0.25, -0.2) is 41.9 Å². The number of amides is 1. The van der Waals surface area contributed by atoms with Crippen molar-refractivity contribution in [2.24, 2.45) is 61.8 Å². The average Bonchev–Trinajstić information content (AvgIpc) is 1.55. The molecule has 9 aliphatic rings. The zero-order valence-electron chi connectivity index (χ0n) is 85.5. The van der Waals surface area contributed by atoms with Crippen LogP contribution in [0.5, 0.6) is 0 Å². The molecule has 0 bridgehead atoms. The number of aliphatic imine (C=N–C) groups is 3. The minimum absolute atomic E-state index is 0. The van der Waals surface area contributed by atoms with E-state index in [-0.39, 0.29) is 139 Å². The number of aliphatic hydroxyl groups excluding tert-OH is 2. The van der Waals surface area contributed by atoms with Gasteiger partial charge in [-0.15, -0.1) is 46.4 Å². The number of H-pyrrole nitrogens is 1. The number of amidine groups is 3. The number of pyridine rings is 1. The summed E-state index contributed by atoms with van der Waals surface area (Å²) in [5.41, 5.74) is 9.99. The number of ether oxygens (including phenoxy) is 14. The quantitative estimate of drug-likeness (QED) is 0.00682. The third-order valence-electron chi connectivity index (χ3n) is 23.6. The molecule has 22 atom stereocenters. The fourth-order valence-electron chi connectivity index (χ4n) is 15.0. The number of phosphoric acid groups is 1. The van der Waals surface area contributed by atoms with Crippen molar-refractivity contribution in [3.8, 4) is 0 Å². The van der Waals surface area contributed by atoms with Crippen molar-refractivity contribution in [1.82, 2.24) is 39.5 Å². The molecule has 0 saturated carbocycles. The zero-order valence-corrected chi connectivity index (χ0v) is 91.4. The number of imidazole rings is 1. The fraction of sp³-hybridized carbons (Fsp3) is 0.573. The van der Waals surface area contributed by atoms with Crippen molar-refractivity contribution < 1.29 is 185 Å². The van der Waals surface area contributed by atoms with E-state index in [1.807, 2.05) is 30.3 Å². The van der Waals surface area contributed by atoms with E-state index >= 15 is 17.6 Å². The molecule has 0 radical (unpaired) electrons. The molecule has 0 aliphatic carbocycles. The normalized spacial score (nSPS) is 28.8. The number of carbonyl (C=O) groups excluding carboxylic acids is 8. The number of hydrogen-bond acceptors (Lipinski definition) is 40. The fourth-order valence-corrected chi connectivity index (χ4v) is 16.9. The van der Waals surface area contributed by atoms with E-state index in [1.165, 1.54) is 85.7 Å². The molecule has 2 unspecified atom stereocenters. The summed E-state index contributed by atoms with van der Waals surface area (Å²) in [5, 5.41) is 23.3. The van der Waals surface area contributed by atoms with E-state index < -0.39 is 244 Å². The van der Waals surface area contributed by atoms with E-state index in [1.54, 1.807) is 103 Å². The molecule has 150 heavy (non-hydrogen) atoms. The number of nitrogens with two attached hydrogens (primary N) is 3. The number of aliphatic hydroxyl groups is 2. The number of carbonyl (C=O) groups is 8. The minimum atomic E-state index is -4.94. The Hall–Kier alpha value is -9.77.